The van der Waals surface area contributed by atoms with Crippen LogP contribution in [0.1, 0.15) is 19.4 Å². The van der Waals surface area contributed by atoms with Crippen molar-refractivity contribution in [1.82, 2.24) is 0 Å². The van der Waals surface area contributed by atoms with Gasteiger partial charge in [0.2, 0.25) is 5.91 Å². The molecule has 1 aliphatic rings. The van der Waals surface area contributed by atoms with Crippen molar-refractivity contribution in [2.24, 2.45) is 5.92 Å². The number of benzene rings is 2. The first-order valence-corrected chi connectivity index (χ1v) is 9.80. The van der Waals surface area contributed by atoms with Crippen LogP contribution >= 0.6 is 0 Å². The van der Waals surface area contributed by atoms with Crippen molar-refractivity contribution in [3.8, 4) is 11.5 Å². The van der Waals surface area contributed by atoms with Crippen molar-refractivity contribution < 1.29 is 23.8 Å². The van der Waals surface area contributed by atoms with Gasteiger partial charge in [0.15, 0.2) is 11.5 Å². The summed E-state index contributed by atoms with van der Waals surface area (Å²) in [6, 6.07) is 12.6. The molecular weight excluding hydrogens is 384 g/mol. The Morgan fingerprint density at radius 3 is 2.77 bits per heavy atom. The van der Waals surface area contributed by atoms with E-state index in [9.17, 15) is 9.59 Å². The summed E-state index contributed by atoms with van der Waals surface area (Å²) in [4.78, 5) is 25.6. The lowest BCUT2D eigenvalue weighted by Gasteiger charge is -2.14. The smallest absolute Gasteiger partial charge is 0.414 e. The van der Waals surface area contributed by atoms with Gasteiger partial charge in [-0.05, 0) is 47.9 Å². The molecule has 0 unspecified atom stereocenters. The molecular formula is C23H26N2O5. The second-order valence-electron chi connectivity index (χ2n) is 7.25. The van der Waals surface area contributed by atoms with Gasteiger partial charge < -0.3 is 19.5 Å². The number of methoxy groups -OCH3 is 1. The molecule has 3 rings (SSSR count). The largest absolute Gasteiger partial charge is 0.493 e. The normalized spacial score (nSPS) is 13.6. The van der Waals surface area contributed by atoms with Crippen LogP contribution in [0.4, 0.5) is 16.2 Å². The van der Waals surface area contributed by atoms with Gasteiger partial charge in [-0.25, -0.2) is 4.79 Å². The van der Waals surface area contributed by atoms with Gasteiger partial charge in [0.05, 0.1) is 20.3 Å². The molecule has 2 amide bonds. The molecule has 0 aliphatic carbocycles. The van der Waals surface area contributed by atoms with E-state index in [4.69, 9.17) is 14.2 Å². The standard InChI is InChI=1S/C23H26N2O5/c1-16(2)15-30-20-9-7-17(13-21(20)28-3)8-10-22(26)24-18-5-4-6-19(14-18)25-11-12-29-23(25)27/h4-10,13-14,16H,11-12,15H2,1-3H3,(H,24,26)/b10-8+. The van der Waals surface area contributed by atoms with Crippen LogP contribution in [0.3, 0.4) is 0 Å². The predicted octanol–water partition coefficient (Wildman–Crippen LogP) is 4.34. The molecule has 0 aromatic heterocycles. The summed E-state index contributed by atoms with van der Waals surface area (Å²) in [6.07, 6.45) is 2.76. The van der Waals surface area contributed by atoms with Crippen molar-refractivity contribution in [2.75, 3.05) is 37.1 Å². The van der Waals surface area contributed by atoms with Gasteiger partial charge in [-0.3, -0.25) is 9.69 Å². The van der Waals surface area contributed by atoms with Gasteiger partial charge in [0.1, 0.15) is 6.61 Å². The fourth-order valence-electron chi connectivity index (χ4n) is 2.90. The number of amides is 2. The second-order valence-corrected chi connectivity index (χ2v) is 7.25. The molecule has 1 saturated heterocycles. The summed E-state index contributed by atoms with van der Waals surface area (Å²) in [5, 5.41) is 2.80. The van der Waals surface area contributed by atoms with Gasteiger partial charge in [0.25, 0.3) is 0 Å². The van der Waals surface area contributed by atoms with Crippen molar-refractivity contribution in [3.05, 3.63) is 54.1 Å². The highest BCUT2D eigenvalue weighted by Crippen LogP contribution is 2.29. The van der Waals surface area contributed by atoms with E-state index in [1.54, 1.807) is 37.5 Å². The molecule has 1 heterocycles. The number of rotatable bonds is 8. The zero-order valence-corrected chi connectivity index (χ0v) is 17.4. The van der Waals surface area contributed by atoms with Crippen LogP contribution in [-0.4, -0.2) is 38.9 Å². The highest BCUT2D eigenvalue weighted by Gasteiger charge is 2.23. The Morgan fingerprint density at radius 1 is 1.23 bits per heavy atom. The molecule has 0 bridgehead atoms. The summed E-state index contributed by atoms with van der Waals surface area (Å²) in [6.45, 7) is 5.61. The highest BCUT2D eigenvalue weighted by atomic mass is 16.6. The predicted molar refractivity (Wildman–Crippen MR) is 116 cm³/mol. The Labute approximate surface area is 176 Å². The van der Waals surface area contributed by atoms with Crippen LogP contribution in [0.15, 0.2) is 48.5 Å². The molecule has 0 radical (unpaired) electrons. The van der Waals surface area contributed by atoms with E-state index in [0.717, 1.165) is 5.56 Å². The molecule has 1 aliphatic heterocycles. The number of nitrogens with one attached hydrogen (secondary N) is 1. The Bertz CT molecular complexity index is 939. The maximum absolute atomic E-state index is 12.3. The van der Waals surface area contributed by atoms with Crippen LogP contribution in [0.5, 0.6) is 11.5 Å². The summed E-state index contributed by atoms with van der Waals surface area (Å²) in [5.41, 5.74) is 2.09. The number of hydrogen-bond acceptors (Lipinski definition) is 5. The Balaban J connectivity index is 1.64. The Kier molecular flexibility index (Phi) is 6.95. The Hall–Kier alpha value is -3.48. The third kappa shape index (κ3) is 5.53. The van der Waals surface area contributed by atoms with Crippen LogP contribution in [0.25, 0.3) is 6.08 Å². The zero-order valence-electron chi connectivity index (χ0n) is 17.4. The van der Waals surface area contributed by atoms with Crippen molar-refractivity contribution in [2.45, 2.75) is 13.8 Å². The van der Waals surface area contributed by atoms with Gasteiger partial charge in [-0.1, -0.05) is 26.0 Å². The van der Waals surface area contributed by atoms with Crippen molar-refractivity contribution in [1.29, 1.82) is 0 Å². The average Bonchev–Trinajstić information content (AvgIpc) is 3.17. The number of ether oxygens (including phenoxy) is 3. The molecule has 0 saturated carbocycles. The minimum atomic E-state index is -0.381. The minimum absolute atomic E-state index is 0.282. The van der Waals surface area contributed by atoms with Crippen LogP contribution in [0.2, 0.25) is 0 Å². The molecule has 2 aromatic carbocycles. The maximum Gasteiger partial charge on any atom is 0.414 e. The minimum Gasteiger partial charge on any atom is -0.493 e. The molecule has 1 N–H and O–H groups in total. The molecule has 7 nitrogen and oxygen atoms in total. The summed E-state index contributed by atoms with van der Waals surface area (Å²) in [5.74, 6) is 1.41. The molecule has 158 valence electrons. The number of carbonyl (C=O) groups excluding carboxylic acids is 2. The van der Waals surface area contributed by atoms with Gasteiger partial charge in [-0.15, -0.1) is 0 Å². The van der Waals surface area contributed by atoms with E-state index in [-0.39, 0.29) is 12.0 Å². The van der Waals surface area contributed by atoms with E-state index in [1.807, 2.05) is 18.2 Å². The van der Waals surface area contributed by atoms with Crippen LogP contribution < -0.4 is 19.7 Å². The number of carbonyl (C=O) groups is 2. The summed E-state index contributed by atoms with van der Waals surface area (Å²) < 4.78 is 16.1. The van der Waals surface area contributed by atoms with E-state index >= 15 is 0 Å². The van der Waals surface area contributed by atoms with Gasteiger partial charge in [0, 0.05) is 17.5 Å². The van der Waals surface area contributed by atoms with Crippen molar-refractivity contribution in [3.63, 3.8) is 0 Å². The topological polar surface area (TPSA) is 77.1 Å². The third-order valence-corrected chi connectivity index (χ3v) is 4.37. The quantitative estimate of drug-likeness (QED) is 0.655. The molecule has 30 heavy (non-hydrogen) atoms. The third-order valence-electron chi connectivity index (χ3n) is 4.37. The number of nitrogens with zero attached hydrogens (tertiary/aromatic N) is 1. The lowest BCUT2D eigenvalue weighted by Crippen LogP contribution is -2.23. The fraction of sp³-hybridized carbons (Fsp3) is 0.304. The monoisotopic (exact) mass is 410 g/mol. The molecule has 7 heteroatoms. The molecule has 2 aromatic rings. The highest BCUT2D eigenvalue weighted by molar-refractivity contribution is 6.02. The summed E-state index contributed by atoms with van der Waals surface area (Å²) in [7, 11) is 1.58. The van der Waals surface area contributed by atoms with Crippen LogP contribution in [-0.2, 0) is 9.53 Å². The Morgan fingerprint density at radius 2 is 2.07 bits per heavy atom. The lowest BCUT2D eigenvalue weighted by molar-refractivity contribution is -0.111. The van der Waals surface area contributed by atoms with Gasteiger partial charge in [-0.2, -0.15) is 0 Å². The SMILES string of the molecule is COc1cc(/C=C/C(=O)Nc2cccc(N3CCOC3=O)c2)ccc1OCC(C)C. The number of anilines is 2. The van der Waals surface area contributed by atoms with Crippen LogP contribution in [0, 0.1) is 5.92 Å². The first-order chi connectivity index (χ1) is 14.5. The second kappa shape index (κ2) is 9.82. The van der Waals surface area contributed by atoms with E-state index in [0.29, 0.717) is 48.6 Å². The van der Waals surface area contributed by atoms with Crippen molar-refractivity contribution >= 4 is 29.5 Å². The first kappa shape index (κ1) is 21.2. The number of hydrogen-bond donors (Lipinski definition) is 1. The molecule has 0 atom stereocenters. The van der Waals surface area contributed by atoms with Gasteiger partial charge >= 0.3 is 6.09 Å². The van der Waals surface area contributed by atoms with E-state index in [2.05, 4.69) is 19.2 Å². The fourth-order valence-corrected chi connectivity index (χ4v) is 2.90. The summed E-state index contributed by atoms with van der Waals surface area (Å²) >= 11 is 0. The molecule has 0 spiro atoms. The average molecular weight is 410 g/mol. The lowest BCUT2D eigenvalue weighted by atomic mass is 10.2. The maximum atomic E-state index is 12.3. The molecule has 1 fully saturated rings. The zero-order chi connectivity index (χ0) is 21.5. The first-order valence-electron chi connectivity index (χ1n) is 9.80. The number of cyclic esters (lactones) is 1. The van der Waals surface area contributed by atoms with E-state index < -0.39 is 0 Å². The van der Waals surface area contributed by atoms with E-state index in [1.165, 1.54) is 11.0 Å².